The summed E-state index contributed by atoms with van der Waals surface area (Å²) in [5.41, 5.74) is 0.512. The Morgan fingerprint density at radius 3 is 2.50 bits per heavy atom. The van der Waals surface area contributed by atoms with E-state index in [2.05, 4.69) is 6.07 Å². The van der Waals surface area contributed by atoms with Crippen molar-refractivity contribution in [3.63, 3.8) is 0 Å². The highest BCUT2D eigenvalue weighted by Crippen LogP contribution is 2.30. The quantitative estimate of drug-likeness (QED) is 0.733. The maximum Gasteiger partial charge on any atom is 0.178 e. The van der Waals surface area contributed by atoms with Crippen LogP contribution in [-0.4, -0.2) is 13.2 Å². The van der Waals surface area contributed by atoms with Crippen LogP contribution >= 0.6 is 0 Å². The molecule has 74 valence electrons. The summed E-state index contributed by atoms with van der Waals surface area (Å²) in [6.45, 7) is 4.87. The van der Waals surface area contributed by atoms with Gasteiger partial charge in [0.2, 0.25) is 0 Å². The Morgan fingerprint density at radius 2 is 1.93 bits per heavy atom. The minimum atomic E-state index is 0.512. The topological polar surface area (TPSA) is 42.2 Å². The first kappa shape index (κ1) is 10.4. The predicted octanol–water partition coefficient (Wildman–Crippen LogP) is 2.36. The van der Waals surface area contributed by atoms with Gasteiger partial charge >= 0.3 is 0 Å². The molecule has 3 heteroatoms. The van der Waals surface area contributed by atoms with Gasteiger partial charge in [0.25, 0.3) is 0 Å². The molecule has 0 spiro atoms. The standard InChI is InChI=1S/C11H13NO2/c1-3-13-10-7-5-6-9(8-12)11(10)14-4-2/h5-7H,3-4H2,1-2H3. The van der Waals surface area contributed by atoms with Crippen LogP contribution in [0.5, 0.6) is 11.5 Å². The van der Waals surface area contributed by atoms with Crippen LogP contribution in [0.2, 0.25) is 0 Å². The molecule has 0 aliphatic carbocycles. The van der Waals surface area contributed by atoms with Gasteiger partial charge in [-0.1, -0.05) is 6.07 Å². The lowest BCUT2D eigenvalue weighted by molar-refractivity contribution is 0.287. The van der Waals surface area contributed by atoms with E-state index in [4.69, 9.17) is 14.7 Å². The smallest absolute Gasteiger partial charge is 0.178 e. The number of rotatable bonds is 4. The third-order valence-electron chi connectivity index (χ3n) is 1.69. The molecule has 0 heterocycles. The molecule has 0 saturated heterocycles. The third kappa shape index (κ3) is 2.17. The van der Waals surface area contributed by atoms with Crippen molar-refractivity contribution >= 4 is 0 Å². The maximum absolute atomic E-state index is 8.85. The van der Waals surface area contributed by atoms with Crippen LogP contribution in [0.15, 0.2) is 18.2 Å². The van der Waals surface area contributed by atoms with Gasteiger partial charge in [-0.25, -0.2) is 0 Å². The number of hydrogen-bond acceptors (Lipinski definition) is 3. The highest BCUT2D eigenvalue weighted by Gasteiger charge is 2.09. The van der Waals surface area contributed by atoms with E-state index in [0.29, 0.717) is 30.3 Å². The lowest BCUT2D eigenvalue weighted by atomic mass is 10.2. The van der Waals surface area contributed by atoms with Crippen LogP contribution in [0.4, 0.5) is 0 Å². The van der Waals surface area contributed by atoms with E-state index in [0.717, 1.165) is 0 Å². The van der Waals surface area contributed by atoms with E-state index in [1.165, 1.54) is 0 Å². The zero-order valence-electron chi connectivity index (χ0n) is 8.41. The van der Waals surface area contributed by atoms with Gasteiger partial charge < -0.3 is 9.47 Å². The Kier molecular flexibility index (Phi) is 3.81. The molecule has 0 aromatic heterocycles. The van der Waals surface area contributed by atoms with Crippen LogP contribution in [-0.2, 0) is 0 Å². The zero-order chi connectivity index (χ0) is 10.4. The second kappa shape index (κ2) is 5.13. The zero-order valence-corrected chi connectivity index (χ0v) is 8.41. The van der Waals surface area contributed by atoms with Crippen molar-refractivity contribution < 1.29 is 9.47 Å². The molecular weight excluding hydrogens is 178 g/mol. The molecule has 3 nitrogen and oxygen atoms in total. The van der Waals surface area contributed by atoms with E-state index in [-0.39, 0.29) is 0 Å². The van der Waals surface area contributed by atoms with Crippen LogP contribution in [0.1, 0.15) is 19.4 Å². The number of ether oxygens (including phenoxy) is 2. The fraction of sp³-hybridized carbons (Fsp3) is 0.364. The molecule has 0 aliphatic rings. The number of nitrogens with zero attached hydrogens (tertiary/aromatic N) is 1. The maximum atomic E-state index is 8.85. The molecule has 0 saturated carbocycles. The Bertz CT molecular complexity index is 342. The Morgan fingerprint density at radius 1 is 1.21 bits per heavy atom. The minimum absolute atomic E-state index is 0.512. The van der Waals surface area contributed by atoms with Gasteiger partial charge in [0, 0.05) is 0 Å². The van der Waals surface area contributed by atoms with Gasteiger partial charge in [-0.15, -0.1) is 0 Å². The molecule has 0 atom stereocenters. The molecule has 0 amide bonds. The first-order chi connectivity index (χ1) is 6.83. The van der Waals surface area contributed by atoms with Crippen molar-refractivity contribution in [1.82, 2.24) is 0 Å². The molecule has 0 bridgehead atoms. The number of benzene rings is 1. The number of nitriles is 1. The van der Waals surface area contributed by atoms with E-state index >= 15 is 0 Å². The average molecular weight is 191 g/mol. The Labute approximate surface area is 83.9 Å². The summed E-state index contributed by atoms with van der Waals surface area (Å²) in [5, 5.41) is 8.85. The van der Waals surface area contributed by atoms with Crippen molar-refractivity contribution in [2.75, 3.05) is 13.2 Å². The minimum Gasteiger partial charge on any atom is -0.490 e. The van der Waals surface area contributed by atoms with Crippen molar-refractivity contribution in [3.05, 3.63) is 23.8 Å². The molecule has 0 aliphatic heterocycles. The number of hydrogen-bond donors (Lipinski definition) is 0. The highest BCUT2D eigenvalue weighted by atomic mass is 16.5. The lowest BCUT2D eigenvalue weighted by Gasteiger charge is -2.11. The van der Waals surface area contributed by atoms with E-state index in [1.54, 1.807) is 18.2 Å². The molecule has 14 heavy (non-hydrogen) atoms. The summed E-state index contributed by atoms with van der Waals surface area (Å²) in [7, 11) is 0. The molecule has 1 aromatic rings. The van der Waals surface area contributed by atoms with Crippen molar-refractivity contribution in [1.29, 1.82) is 5.26 Å². The average Bonchev–Trinajstić information content (AvgIpc) is 2.21. The lowest BCUT2D eigenvalue weighted by Crippen LogP contribution is -2.00. The Hall–Kier alpha value is -1.69. The summed E-state index contributed by atoms with van der Waals surface area (Å²) in [6.07, 6.45) is 0. The predicted molar refractivity (Wildman–Crippen MR) is 53.5 cm³/mol. The normalized spacial score (nSPS) is 9.21. The van der Waals surface area contributed by atoms with E-state index in [1.807, 2.05) is 13.8 Å². The summed E-state index contributed by atoms with van der Waals surface area (Å²) >= 11 is 0. The van der Waals surface area contributed by atoms with Crippen LogP contribution in [0.25, 0.3) is 0 Å². The van der Waals surface area contributed by atoms with Gasteiger partial charge in [0.1, 0.15) is 6.07 Å². The van der Waals surface area contributed by atoms with Crippen molar-refractivity contribution in [2.45, 2.75) is 13.8 Å². The summed E-state index contributed by atoms with van der Waals surface area (Å²) in [5.74, 6) is 1.17. The van der Waals surface area contributed by atoms with Gasteiger partial charge in [-0.05, 0) is 26.0 Å². The molecule has 1 aromatic carbocycles. The fourth-order valence-corrected chi connectivity index (χ4v) is 1.17. The van der Waals surface area contributed by atoms with Gasteiger partial charge in [0.15, 0.2) is 11.5 Å². The summed E-state index contributed by atoms with van der Waals surface area (Å²) < 4.78 is 10.7. The van der Waals surface area contributed by atoms with Crippen LogP contribution < -0.4 is 9.47 Å². The molecule has 0 radical (unpaired) electrons. The van der Waals surface area contributed by atoms with Crippen molar-refractivity contribution in [2.24, 2.45) is 0 Å². The van der Waals surface area contributed by atoms with Gasteiger partial charge in [0.05, 0.1) is 18.8 Å². The molecule has 1 rings (SSSR count). The third-order valence-corrected chi connectivity index (χ3v) is 1.69. The molecule has 0 unspecified atom stereocenters. The van der Waals surface area contributed by atoms with Crippen LogP contribution in [0, 0.1) is 11.3 Å². The second-order valence-electron chi connectivity index (χ2n) is 2.61. The van der Waals surface area contributed by atoms with Gasteiger partial charge in [-0.3, -0.25) is 0 Å². The summed E-state index contributed by atoms with van der Waals surface area (Å²) in [4.78, 5) is 0. The van der Waals surface area contributed by atoms with E-state index < -0.39 is 0 Å². The molecule has 0 N–H and O–H groups in total. The summed E-state index contributed by atoms with van der Waals surface area (Å²) in [6, 6.07) is 7.37. The first-order valence-corrected chi connectivity index (χ1v) is 4.62. The van der Waals surface area contributed by atoms with Gasteiger partial charge in [-0.2, -0.15) is 5.26 Å². The molecule has 0 fully saturated rings. The van der Waals surface area contributed by atoms with E-state index in [9.17, 15) is 0 Å². The van der Waals surface area contributed by atoms with Crippen molar-refractivity contribution in [3.8, 4) is 17.6 Å². The Balaban J connectivity index is 3.08. The molecular formula is C11H13NO2. The second-order valence-corrected chi connectivity index (χ2v) is 2.61. The highest BCUT2D eigenvalue weighted by molar-refractivity contribution is 5.52. The monoisotopic (exact) mass is 191 g/mol. The SMILES string of the molecule is CCOc1cccc(C#N)c1OCC. The first-order valence-electron chi connectivity index (χ1n) is 4.62. The number of para-hydroxylation sites is 1. The largest absolute Gasteiger partial charge is 0.490 e. The fourth-order valence-electron chi connectivity index (χ4n) is 1.17. The van der Waals surface area contributed by atoms with Crippen LogP contribution in [0.3, 0.4) is 0 Å².